The van der Waals surface area contributed by atoms with E-state index in [0.29, 0.717) is 19.5 Å². The van der Waals surface area contributed by atoms with Crippen LogP contribution in [0.3, 0.4) is 0 Å². The second-order valence-corrected chi connectivity index (χ2v) is 5.79. The third kappa shape index (κ3) is 3.26. The number of hydrogen-bond acceptors (Lipinski definition) is 4. The molecule has 0 aromatic carbocycles. The molecule has 0 fully saturated rings. The van der Waals surface area contributed by atoms with Gasteiger partial charge in [-0.3, -0.25) is 4.68 Å². The maximum absolute atomic E-state index is 12.1. The van der Waals surface area contributed by atoms with Crippen LogP contribution in [0.1, 0.15) is 38.9 Å². The van der Waals surface area contributed by atoms with E-state index in [-0.39, 0.29) is 18.7 Å². The van der Waals surface area contributed by atoms with Crippen LogP contribution in [0.25, 0.3) is 0 Å². The Labute approximate surface area is 113 Å². The predicted octanol–water partition coefficient (Wildman–Crippen LogP) is 1.56. The zero-order valence-corrected chi connectivity index (χ0v) is 11.7. The number of aliphatic hydroxyl groups excluding tert-OH is 1. The van der Waals surface area contributed by atoms with Crippen molar-refractivity contribution >= 4 is 6.09 Å². The van der Waals surface area contributed by atoms with Crippen LogP contribution in [-0.2, 0) is 11.3 Å². The summed E-state index contributed by atoms with van der Waals surface area (Å²) in [6.07, 6.45) is 1.98. The molecule has 1 aliphatic rings. The van der Waals surface area contributed by atoms with Crippen molar-refractivity contribution < 1.29 is 14.6 Å². The number of rotatable bonds is 2. The van der Waals surface area contributed by atoms with Crippen LogP contribution in [0.2, 0.25) is 0 Å². The van der Waals surface area contributed by atoms with Gasteiger partial charge in [-0.2, -0.15) is 5.10 Å². The number of aromatic nitrogens is 2. The number of aliphatic hydroxyl groups is 1. The molecule has 6 heteroatoms. The molecule has 0 spiro atoms. The van der Waals surface area contributed by atoms with Gasteiger partial charge >= 0.3 is 6.09 Å². The monoisotopic (exact) mass is 267 g/mol. The normalized spacial score (nSPS) is 19.2. The minimum atomic E-state index is -0.499. The molecule has 1 aromatic heterocycles. The molecule has 1 N–H and O–H groups in total. The van der Waals surface area contributed by atoms with E-state index in [1.54, 1.807) is 11.1 Å². The summed E-state index contributed by atoms with van der Waals surface area (Å²) < 4.78 is 7.28. The smallest absolute Gasteiger partial charge is 0.410 e. The highest BCUT2D eigenvalue weighted by Crippen LogP contribution is 2.24. The van der Waals surface area contributed by atoms with Gasteiger partial charge in [-0.25, -0.2) is 4.79 Å². The van der Waals surface area contributed by atoms with Gasteiger partial charge in [-0.1, -0.05) is 0 Å². The summed E-state index contributed by atoms with van der Waals surface area (Å²) in [6, 6.07) is 1.90. The second-order valence-electron chi connectivity index (χ2n) is 5.79. The van der Waals surface area contributed by atoms with Crippen LogP contribution in [-0.4, -0.2) is 44.6 Å². The van der Waals surface area contributed by atoms with Gasteiger partial charge in [0.05, 0.1) is 18.3 Å². The molecule has 1 aliphatic heterocycles. The van der Waals surface area contributed by atoms with E-state index in [0.717, 1.165) is 5.69 Å². The highest BCUT2D eigenvalue weighted by Gasteiger charge is 2.30. The van der Waals surface area contributed by atoms with Gasteiger partial charge in [-0.15, -0.1) is 0 Å². The molecule has 1 atom stereocenters. The van der Waals surface area contributed by atoms with Crippen molar-refractivity contribution in [1.82, 2.24) is 14.7 Å². The summed E-state index contributed by atoms with van der Waals surface area (Å²) in [6.45, 7) is 6.64. The molecule has 19 heavy (non-hydrogen) atoms. The molecule has 0 saturated heterocycles. The number of amides is 1. The first-order valence-electron chi connectivity index (χ1n) is 6.52. The van der Waals surface area contributed by atoms with Crippen molar-refractivity contribution in [1.29, 1.82) is 0 Å². The van der Waals surface area contributed by atoms with E-state index in [4.69, 9.17) is 9.84 Å². The first kappa shape index (κ1) is 13.9. The Hall–Kier alpha value is -1.56. The molecule has 0 bridgehead atoms. The number of carbonyl (C=O) groups excluding carboxylic acids is 1. The van der Waals surface area contributed by atoms with E-state index in [1.165, 1.54) is 0 Å². The van der Waals surface area contributed by atoms with Crippen LogP contribution in [0.15, 0.2) is 12.3 Å². The van der Waals surface area contributed by atoms with Crippen LogP contribution in [0, 0.1) is 0 Å². The fourth-order valence-electron chi connectivity index (χ4n) is 2.22. The van der Waals surface area contributed by atoms with Gasteiger partial charge in [0.1, 0.15) is 5.60 Å². The van der Waals surface area contributed by atoms with E-state index >= 15 is 0 Å². The Balaban J connectivity index is 2.12. The fraction of sp³-hybridized carbons (Fsp3) is 0.692. The summed E-state index contributed by atoms with van der Waals surface area (Å²) in [7, 11) is 0. The molecule has 0 aliphatic carbocycles. The van der Waals surface area contributed by atoms with Gasteiger partial charge in [0.25, 0.3) is 0 Å². The third-order valence-electron chi connectivity index (χ3n) is 3.00. The summed E-state index contributed by atoms with van der Waals surface area (Å²) in [4.78, 5) is 13.8. The molecule has 1 aromatic rings. The average molecular weight is 267 g/mol. The first-order chi connectivity index (χ1) is 8.90. The van der Waals surface area contributed by atoms with Crippen LogP contribution in [0.4, 0.5) is 4.79 Å². The van der Waals surface area contributed by atoms with Gasteiger partial charge in [0.15, 0.2) is 0 Å². The van der Waals surface area contributed by atoms with Gasteiger partial charge in [0.2, 0.25) is 0 Å². The van der Waals surface area contributed by atoms with Crippen LogP contribution < -0.4 is 0 Å². The van der Waals surface area contributed by atoms with E-state index in [9.17, 15) is 4.79 Å². The minimum absolute atomic E-state index is 0.0104. The zero-order valence-electron chi connectivity index (χ0n) is 11.7. The molecule has 0 unspecified atom stereocenters. The quantitative estimate of drug-likeness (QED) is 0.883. The Morgan fingerprint density at radius 2 is 2.32 bits per heavy atom. The highest BCUT2D eigenvalue weighted by molar-refractivity contribution is 5.68. The third-order valence-corrected chi connectivity index (χ3v) is 3.00. The zero-order chi connectivity index (χ0) is 14.0. The number of carbonyl (C=O) groups is 1. The molecule has 0 radical (unpaired) electrons. The Bertz CT molecular complexity index is 450. The SMILES string of the molecule is CC(C)(C)OC(=O)N1Cc2ccnn2[C@H](CCO)C1. The molecule has 0 saturated carbocycles. The lowest BCUT2D eigenvalue weighted by atomic mass is 10.1. The lowest BCUT2D eigenvalue weighted by Gasteiger charge is -2.34. The Kier molecular flexibility index (Phi) is 3.80. The summed E-state index contributed by atoms with van der Waals surface area (Å²) >= 11 is 0. The van der Waals surface area contributed by atoms with Crippen molar-refractivity contribution in [3.63, 3.8) is 0 Å². The van der Waals surface area contributed by atoms with Crippen molar-refractivity contribution in [3.8, 4) is 0 Å². The van der Waals surface area contributed by atoms with Crippen molar-refractivity contribution in [2.45, 2.75) is 45.4 Å². The summed E-state index contributed by atoms with van der Waals surface area (Å²) in [5.41, 5.74) is 0.469. The molecule has 2 rings (SSSR count). The second kappa shape index (κ2) is 5.21. The number of hydrogen-bond donors (Lipinski definition) is 1. The molecule has 6 nitrogen and oxygen atoms in total. The molecule has 1 amide bonds. The van der Waals surface area contributed by atoms with Gasteiger partial charge in [-0.05, 0) is 33.3 Å². The van der Waals surface area contributed by atoms with Gasteiger partial charge in [0, 0.05) is 19.3 Å². The van der Waals surface area contributed by atoms with E-state index in [2.05, 4.69) is 5.10 Å². The molecular weight excluding hydrogens is 246 g/mol. The minimum Gasteiger partial charge on any atom is -0.444 e. The topological polar surface area (TPSA) is 67.6 Å². The number of fused-ring (bicyclic) bond motifs is 1. The lowest BCUT2D eigenvalue weighted by molar-refractivity contribution is 0.0147. The average Bonchev–Trinajstić information content (AvgIpc) is 2.75. The van der Waals surface area contributed by atoms with Crippen molar-refractivity contribution in [3.05, 3.63) is 18.0 Å². The highest BCUT2D eigenvalue weighted by atomic mass is 16.6. The van der Waals surface area contributed by atoms with E-state index in [1.807, 2.05) is 31.5 Å². The van der Waals surface area contributed by atoms with Crippen LogP contribution >= 0.6 is 0 Å². The molecule has 106 valence electrons. The lowest BCUT2D eigenvalue weighted by Crippen LogP contribution is -2.43. The largest absolute Gasteiger partial charge is 0.444 e. The summed E-state index contributed by atoms with van der Waals surface area (Å²) in [5.74, 6) is 0. The van der Waals surface area contributed by atoms with E-state index < -0.39 is 5.60 Å². The predicted molar refractivity (Wildman–Crippen MR) is 69.6 cm³/mol. The first-order valence-corrected chi connectivity index (χ1v) is 6.52. The maximum atomic E-state index is 12.1. The Morgan fingerprint density at radius 3 is 2.95 bits per heavy atom. The number of ether oxygens (including phenoxy) is 1. The van der Waals surface area contributed by atoms with Crippen LogP contribution in [0.5, 0.6) is 0 Å². The van der Waals surface area contributed by atoms with Crippen molar-refractivity contribution in [2.75, 3.05) is 13.2 Å². The Morgan fingerprint density at radius 1 is 1.58 bits per heavy atom. The van der Waals surface area contributed by atoms with Gasteiger partial charge < -0.3 is 14.7 Å². The van der Waals surface area contributed by atoms with Crippen molar-refractivity contribution in [2.24, 2.45) is 0 Å². The number of nitrogens with zero attached hydrogens (tertiary/aromatic N) is 3. The fourth-order valence-corrected chi connectivity index (χ4v) is 2.22. The summed E-state index contributed by atoms with van der Waals surface area (Å²) in [5, 5.41) is 13.4. The standard InChI is InChI=1S/C13H21N3O3/c1-13(2,3)19-12(18)15-8-10-4-6-14-16(10)11(9-15)5-7-17/h4,6,11,17H,5,7-9H2,1-3H3/t11-/m1/s1. The maximum Gasteiger partial charge on any atom is 0.410 e. The molecular formula is C13H21N3O3. The molecule has 2 heterocycles.